The van der Waals surface area contributed by atoms with Crippen molar-refractivity contribution in [2.24, 2.45) is 0 Å². The van der Waals surface area contributed by atoms with Crippen LogP contribution in [0.4, 0.5) is 4.39 Å². The average Bonchev–Trinajstić information content (AvgIpc) is 3.86. The summed E-state index contributed by atoms with van der Waals surface area (Å²) in [5.74, 6) is 1.42. The third kappa shape index (κ3) is 5.59. The highest BCUT2D eigenvalue weighted by Gasteiger charge is 2.22. The average molecular weight is 753 g/mol. The van der Waals surface area contributed by atoms with Crippen LogP contribution in [-0.4, -0.2) is 19.9 Å². The van der Waals surface area contributed by atoms with E-state index in [2.05, 4.69) is 78.9 Å². The number of furan rings is 1. The summed E-state index contributed by atoms with van der Waals surface area (Å²) in [5, 5.41) is 4.09. The molecule has 4 aromatic heterocycles. The number of pyridine rings is 1. The molecule has 0 atom stereocenters. The van der Waals surface area contributed by atoms with E-state index in [4.69, 9.17) is 24.4 Å². The molecule has 0 spiro atoms. The Labute approximate surface area is 330 Å². The van der Waals surface area contributed by atoms with Crippen LogP contribution in [0.1, 0.15) is 0 Å². The zero-order valence-electron chi connectivity index (χ0n) is 30.2. The molecule has 0 N–H and O–H groups in total. The van der Waals surface area contributed by atoms with Crippen molar-refractivity contribution in [2.45, 2.75) is 0 Å². The Kier molecular flexibility index (Phi) is 7.79. The number of aromatic nitrogens is 4. The van der Waals surface area contributed by atoms with E-state index in [-0.39, 0.29) is 5.82 Å². The minimum atomic E-state index is -0.297. The van der Waals surface area contributed by atoms with Gasteiger partial charge in [-0.3, -0.25) is 4.98 Å². The number of nitrogens with zero attached hydrogens (tertiary/aromatic N) is 4. The molecule has 5 nitrogen and oxygen atoms in total. The Hall–Kier alpha value is -7.35. The maximum atomic E-state index is 14.4. The van der Waals surface area contributed by atoms with Crippen LogP contribution in [0.3, 0.4) is 0 Å². The van der Waals surface area contributed by atoms with Gasteiger partial charge < -0.3 is 4.42 Å². The summed E-state index contributed by atoms with van der Waals surface area (Å²) < 4.78 is 23.3. The SMILES string of the molecule is Fc1cccc(-c2ncccc2-c2cccc3c2sc2cccc(-c4nc(-c5ccccc5)nc(-c5cccc6oc7c(-c8ccccc8)cccc7c56)n4)c23)c1. The summed E-state index contributed by atoms with van der Waals surface area (Å²) in [6.07, 6.45) is 1.75. The highest BCUT2D eigenvalue weighted by Crippen LogP contribution is 2.46. The van der Waals surface area contributed by atoms with Crippen LogP contribution in [0, 0.1) is 5.82 Å². The minimum Gasteiger partial charge on any atom is -0.455 e. The topological polar surface area (TPSA) is 64.7 Å². The number of thiophene rings is 1. The molecule has 0 radical (unpaired) electrons. The number of rotatable bonds is 6. The standard InChI is InChI=1S/C50H29FN4OS/c51-33-18-7-17-32(29-33)45-35(25-12-28-52-45)36-20-9-22-38-44-40(24-11-27-42(44)57-47(36)38)50-54-48(31-15-5-2-6-16-31)53-49(55-50)39-23-10-26-41-43(39)37-21-8-19-34(46(37)56-41)30-13-3-1-4-14-30/h1-29H. The Balaban J connectivity index is 1.14. The summed E-state index contributed by atoms with van der Waals surface area (Å²) >= 11 is 1.72. The third-order valence-corrected chi connectivity index (χ3v) is 11.7. The monoisotopic (exact) mass is 752 g/mol. The normalized spacial score (nSPS) is 11.6. The van der Waals surface area contributed by atoms with Gasteiger partial charge in [0.15, 0.2) is 17.5 Å². The quantitative estimate of drug-likeness (QED) is 0.169. The summed E-state index contributed by atoms with van der Waals surface area (Å²) in [4.78, 5) is 20.3. The zero-order chi connectivity index (χ0) is 37.9. The summed E-state index contributed by atoms with van der Waals surface area (Å²) in [5.41, 5.74) is 9.79. The lowest BCUT2D eigenvalue weighted by Crippen LogP contribution is -2.00. The van der Waals surface area contributed by atoms with Crippen molar-refractivity contribution in [1.82, 2.24) is 19.9 Å². The number of para-hydroxylation sites is 1. The van der Waals surface area contributed by atoms with Crippen molar-refractivity contribution >= 4 is 53.4 Å². The molecule has 0 saturated carbocycles. The molecule has 7 aromatic carbocycles. The van der Waals surface area contributed by atoms with Crippen LogP contribution in [0.25, 0.3) is 110 Å². The molecular weight excluding hydrogens is 724 g/mol. The lowest BCUT2D eigenvalue weighted by Gasteiger charge is -2.11. The van der Waals surface area contributed by atoms with E-state index in [1.807, 2.05) is 72.8 Å². The van der Waals surface area contributed by atoms with Gasteiger partial charge in [0.05, 0.1) is 5.69 Å². The van der Waals surface area contributed by atoms with Crippen molar-refractivity contribution in [3.63, 3.8) is 0 Å². The van der Waals surface area contributed by atoms with Gasteiger partial charge in [-0.05, 0) is 35.9 Å². The van der Waals surface area contributed by atoms with E-state index in [0.717, 1.165) is 92.3 Å². The molecule has 0 amide bonds. The predicted molar refractivity (Wildman–Crippen MR) is 230 cm³/mol. The fraction of sp³-hybridized carbons (Fsp3) is 0. The van der Waals surface area contributed by atoms with Gasteiger partial charge in [0, 0.05) is 76.1 Å². The Morgan fingerprint density at radius 3 is 1.86 bits per heavy atom. The largest absolute Gasteiger partial charge is 0.455 e. The number of benzene rings is 7. The van der Waals surface area contributed by atoms with Gasteiger partial charge in [0.25, 0.3) is 0 Å². The molecule has 0 aliphatic rings. The molecule has 0 aliphatic heterocycles. The van der Waals surface area contributed by atoms with Crippen molar-refractivity contribution in [2.75, 3.05) is 0 Å². The highest BCUT2D eigenvalue weighted by molar-refractivity contribution is 7.26. The highest BCUT2D eigenvalue weighted by atomic mass is 32.1. The van der Waals surface area contributed by atoms with Gasteiger partial charge >= 0.3 is 0 Å². The van der Waals surface area contributed by atoms with Crippen LogP contribution < -0.4 is 0 Å². The number of fused-ring (bicyclic) bond motifs is 6. The molecule has 11 rings (SSSR count). The van der Waals surface area contributed by atoms with E-state index >= 15 is 0 Å². The van der Waals surface area contributed by atoms with Crippen LogP contribution in [-0.2, 0) is 0 Å². The second kappa shape index (κ2) is 13.4. The van der Waals surface area contributed by atoms with E-state index in [1.165, 1.54) is 12.1 Å². The molecule has 0 fully saturated rings. The number of hydrogen-bond donors (Lipinski definition) is 0. The Morgan fingerprint density at radius 2 is 1.07 bits per heavy atom. The first kappa shape index (κ1) is 33.0. The van der Waals surface area contributed by atoms with Gasteiger partial charge in [0.1, 0.15) is 17.0 Å². The zero-order valence-corrected chi connectivity index (χ0v) is 31.0. The lowest BCUT2D eigenvalue weighted by molar-refractivity contribution is 0.628. The Bertz CT molecular complexity index is 3320. The van der Waals surface area contributed by atoms with Crippen LogP contribution in [0.15, 0.2) is 180 Å². The number of halogens is 1. The first-order chi connectivity index (χ1) is 28.2. The molecule has 0 bridgehead atoms. The van der Waals surface area contributed by atoms with Crippen molar-refractivity contribution in [3.8, 4) is 67.7 Å². The minimum absolute atomic E-state index is 0.297. The smallest absolute Gasteiger partial charge is 0.164 e. The molecule has 7 heteroatoms. The van der Waals surface area contributed by atoms with Gasteiger partial charge in [-0.2, -0.15) is 0 Å². The lowest BCUT2D eigenvalue weighted by atomic mass is 9.97. The van der Waals surface area contributed by atoms with Crippen LogP contribution in [0.2, 0.25) is 0 Å². The van der Waals surface area contributed by atoms with Crippen molar-refractivity contribution in [1.29, 1.82) is 0 Å². The van der Waals surface area contributed by atoms with Crippen LogP contribution in [0.5, 0.6) is 0 Å². The molecule has 4 heterocycles. The van der Waals surface area contributed by atoms with Gasteiger partial charge in [-0.1, -0.05) is 140 Å². The summed E-state index contributed by atoms with van der Waals surface area (Å²) in [6.45, 7) is 0. The first-order valence-corrected chi connectivity index (χ1v) is 19.5. The van der Waals surface area contributed by atoms with Crippen molar-refractivity contribution < 1.29 is 8.81 Å². The second-order valence-electron chi connectivity index (χ2n) is 13.9. The Morgan fingerprint density at radius 1 is 0.456 bits per heavy atom. The molecule has 0 unspecified atom stereocenters. The van der Waals surface area contributed by atoms with Gasteiger partial charge in [-0.25, -0.2) is 19.3 Å². The van der Waals surface area contributed by atoms with Gasteiger partial charge in [-0.15, -0.1) is 11.3 Å². The predicted octanol–water partition coefficient (Wildman–Crippen LogP) is 13.7. The van der Waals surface area contributed by atoms with E-state index in [1.54, 1.807) is 23.6 Å². The van der Waals surface area contributed by atoms with Gasteiger partial charge in [0.2, 0.25) is 0 Å². The van der Waals surface area contributed by atoms with E-state index < -0.39 is 0 Å². The molecule has 11 aromatic rings. The fourth-order valence-corrected chi connectivity index (χ4v) is 9.20. The molecule has 0 saturated heterocycles. The molecule has 268 valence electrons. The fourth-order valence-electron chi connectivity index (χ4n) is 7.95. The van der Waals surface area contributed by atoms with E-state index in [0.29, 0.717) is 17.5 Å². The van der Waals surface area contributed by atoms with E-state index in [9.17, 15) is 4.39 Å². The second-order valence-corrected chi connectivity index (χ2v) is 14.9. The summed E-state index contributed by atoms with van der Waals surface area (Å²) in [7, 11) is 0. The first-order valence-electron chi connectivity index (χ1n) is 18.7. The maximum absolute atomic E-state index is 14.4. The number of hydrogen-bond acceptors (Lipinski definition) is 6. The molecular formula is C50H29FN4OS. The molecule has 57 heavy (non-hydrogen) atoms. The summed E-state index contributed by atoms with van der Waals surface area (Å²) in [6, 6.07) is 56.0. The maximum Gasteiger partial charge on any atom is 0.164 e. The van der Waals surface area contributed by atoms with Crippen molar-refractivity contribution in [3.05, 3.63) is 182 Å². The third-order valence-electron chi connectivity index (χ3n) is 10.5. The molecule has 0 aliphatic carbocycles. The van der Waals surface area contributed by atoms with Crippen LogP contribution >= 0.6 is 11.3 Å².